The second kappa shape index (κ2) is 3.11. The average Bonchev–Trinajstić information content (AvgIpc) is 1.86. The highest BCUT2D eigenvalue weighted by Crippen LogP contribution is 2.24. The zero-order valence-electron chi connectivity index (χ0n) is 7.89. The highest BCUT2D eigenvalue weighted by atomic mass is 16.7. The van der Waals surface area contributed by atoms with Gasteiger partial charge in [-0.15, -0.1) is 0 Å². The molecule has 0 aromatic carbocycles. The van der Waals surface area contributed by atoms with E-state index in [1.54, 1.807) is 0 Å². The minimum atomic E-state index is -0.356. The first-order valence-corrected chi connectivity index (χ1v) is 4.29. The van der Waals surface area contributed by atoms with Gasteiger partial charge in [0, 0.05) is 5.92 Å². The van der Waals surface area contributed by atoms with Crippen LogP contribution in [-0.4, -0.2) is 19.0 Å². The minimum Gasteiger partial charge on any atom is -0.350 e. The van der Waals surface area contributed by atoms with Crippen LogP contribution < -0.4 is 0 Å². The van der Waals surface area contributed by atoms with Crippen LogP contribution in [0, 0.1) is 11.8 Å². The maximum absolute atomic E-state index is 5.52. The fourth-order valence-electron chi connectivity index (χ4n) is 1.09. The van der Waals surface area contributed by atoms with Crippen LogP contribution in [0.2, 0.25) is 0 Å². The van der Waals surface area contributed by atoms with Crippen LogP contribution in [0.5, 0.6) is 0 Å². The molecule has 0 aliphatic carbocycles. The molecule has 1 fully saturated rings. The Morgan fingerprint density at radius 2 is 1.64 bits per heavy atom. The molecule has 0 unspecified atom stereocenters. The van der Waals surface area contributed by atoms with Crippen LogP contribution in [0.3, 0.4) is 0 Å². The van der Waals surface area contributed by atoms with E-state index in [0.29, 0.717) is 11.8 Å². The third-order valence-electron chi connectivity index (χ3n) is 2.23. The van der Waals surface area contributed by atoms with Crippen molar-refractivity contribution in [1.82, 2.24) is 0 Å². The van der Waals surface area contributed by atoms with E-state index in [4.69, 9.17) is 9.47 Å². The Hall–Kier alpha value is -0.0800. The molecule has 11 heavy (non-hydrogen) atoms. The van der Waals surface area contributed by atoms with E-state index in [9.17, 15) is 0 Å². The zero-order valence-corrected chi connectivity index (χ0v) is 7.89. The standard InChI is InChI=1S/C9H18O2/c1-7(2)8-5-10-9(3,4)11-6-8/h7-8H,5-6H2,1-4H3. The van der Waals surface area contributed by atoms with Crippen molar-refractivity contribution < 1.29 is 9.47 Å². The number of ether oxygens (including phenoxy) is 2. The maximum atomic E-state index is 5.52. The van der Waals surface area contributed by atoms with E-state index in [1.807, 2.05) is 13.8 Å². The number of hydrogen-bond donors (Lipinski definition) is 0. The predicted molar refractivity (Wildman–Crippen MR) is 44.3 cm³/mol. The van der Waals surface area contributed by atoms with Gasteiger partial charge < -0.3 is 9.47 Å². The predicted octanol–water partition coefficient (Wildman–Crippen LogP) is 2.04. The van der Waals surface area contributed by atoms with Crippen LogP contribution in [-0.2, 0) is 9.47 Å². The summed E-state index contributed by atoms with van der Waals surface area (Å²) in [7, 11) is 0. The second-order valence-electron chi connectivity index (χ2n) is 4.03. The van der Waals surface area contributed by atoms with Gasteiger partial charge >= 0.3 is 0 Å². The zero-order chi connectivity index (χ0) is 8.48. The lowest BCUT2D eigenvalue weighted by Crippen LogP contribution is -2.40. The molecule has 0 N–H and O–H groups in total. The molecule has 1 saturated heterocycles. The van der Waals surface area contributed by atoms with Crippen molar-refractivity contribution >= 4 is 0 Å². The lowest BCUT2D eigenvalue weighted by molar-refractivity contribution is -0.266. The third kappa shape index (κ3) is 2.46. The molecule has 2 nitrogen and oxygen atoms in total. The Morgan fingerprint density at radius 1 is 1.18 bits per heavy atom. The first kappa shape index (κ1) is 9.01. The smallest absolute Gasteiger partial charge is 0.162 e. The van der Waals surface area contributed by atoms with Gasteiger partial charge in [-0.25, -0.2) is 0 Å². The molecule has 1 aliphatic heterocycles. The Balaban J connectivity index is 2.36. The molecule has 2 heteroatoms. The van der Waals surface area contributed by atoms with Crippen LogP contribution in [0.15, 0.2) is 0 Å². The SMILES string of the molecule is CC(C)C1COC(C)(C)OC1. The summed E-state index contributed by atoms with van der Waals surface area (Å²) in [4.78, 5) is 0. The Kier molecular flexibility index (Phi) is 2.55. The summed E-state index contributed by atoms with van der Waals surface area (Å²) in [5.74, 6) is 0.875. The van der Waals surface area contributed by atoms with Gasteiger partial charge in [0.1, 0.15) is 0 Å². The van der Waals surface area contributed by atoms with Gasteiger partial charge in [0.05, 0.1) is 13.2 Å². The van der Waals surface area contributed by atoms with Gasteiger partial charge in [0.15, 0.2) is 5.79 Å². The summed E-state index contributed by atoms with van der Waals surface area (Å²) in [6.45, 7) is 10.0. The first-order valence-electron chi connectivity index (χ1n) is 4.29. The Bertz CT molecular complexity index is 120. The highest BCUT2D eigenvalue weighted by molar-refractivity contribution is 4.69. The van der Waals surface area contributed by atoms with E-state index in [2.05, 4.69) is 13.8 Å². The number of hydrogen-bond acceptors (Lipinski definition) is 2. The Labute approximate surface area is 68.9 Å². The molecule has 0 saturated carbocycles. The maximum Gasteiger partial charge on any atom is 0.162 e. The van der Waals surface area contributed by atoms with Crippen molar-refractivity contribution in [2.45, 2.75) is 33.5 Å². The second-order valence-corrected chi connectivity index (χ2v) is 4.03. The monoisotopic (exact) mass is 158 g/mol. The number of rotatable bonds is 1. The molecule has 0 radical (unpaired) electrons. The van der Waals surface area contributed by atoms with E-state index in [0.717, 1.165) is 13.2 Å². The van der Waals surface area contributed by atoms with Gasteiger partial charge in [-0.2, -0.15) is 0 Å². The fraction of sp³-hybridized carbons (Fsp3) is 1.00. The van der Waals surface area contributed by atoms with E-state index in [-0.39, 0.29) is 5.79 Å². The quantitative estimate of drug-likeness (QED) is 0.581. The van der Waals surface area contributed by atoms with Gasteiger partial charge in [0.2, 0.25) is 0 Å². The summed E-state index contributed by atoms with van der Waals surface area (Å²) in [5.41, 5.74) is 0. The summed E-state index contributed by atoms with van der Waals surface area (Å²) in [6.07, 6.45) is 0. The van der Waals surface area contributed by atoms with Crippen molar-refractivity contribution in [3.05, 3.63) is 0 Å². The molecular formula is C9H18O2. The summed E-state index contributed by atoms with van der Waals surface area (Å²) in [6, 6.07) is 0. The fourth-order valence-corrected chi connectivity index (χ4v) is 1.09. The van der Waals surface area contributed by atoms with Crippen molar-refractivity contribution in [3.8, 4) is 0 Å². The largest absolute Gasteiger partial charge is 0.350 e. The van der Waals surface area contributed by atoms with Gasteiger partial charge in [-0.3, -0.25) is 0 Å². The lowest BCUT2D eigenvalue weighted by atomic mass is 9.97. The molecule has 0 spiro atoms. The van der Waals surface area contributed by atoms with Crippen LogP contribution in [0.4, 0.5) is 0 Å². The van der Waals surface area contributed by atoms with E-state index < -0.39 is 0 Å². The molecular weight excluding hydrogens is 140 g/mol. The highest BCUT2D eigenvalue weighted by Gasteiger charge is 2.29. The molecule has 0 bridgehead atoms. The average molecular weight is 158 g/mol. The van der Waals surface area contributed by atoms with Gasteiger partial charge in [-0.1, -0.05) is 13.8 Å². The van der Waals surface area contributed by atoms with Gasteiger partial charge in [0.25, 0.3) is 0 Å². The molecule has 66 valence electrons. The molecule has 0 amide bonds. The van der Waals surface area contributed by atoms with Crippen molar-refractivity contribution in [2.75, 3.05) is 13.2 Å². The van der Waals surface area contributed by atoms with Crippen LogP contribution in [0.1, 0.15) is 27.7 Å². The van der Waals surface area contributed by atoms with Crippen molar-refractivity contribution in [1.29, 1.82) is 0 Å². The van der Waals surface area contributed by atoms with Crippen LogP contribution in [0.25, 0.3) is 0 Å². The Morgan fingerprint density at radius 3 is 2.00 bits per heavy atom. The molecule has 0 aromatic rings. The first-order chi connectivity index (χ1) is 5.01. The molecule has 1 heterocycles. The van der Waals surface area contributed by atoms with Gasteiger partial charge in [-0.05, 0) is 19.8 Å². The van der Waals surface area contributed by atoms with Crippen molar-refractivity contribution in [3.63, 3.8) is 0 Å². The molecule has 0 aromatic heterocycles. The topological polar surface area (TPSA) is 18.5 Å². The summed E-state index contributed by atoms with van der Waals surface area (Å²) in [5, 5.41) is 0. The third-order valence-corrected chi connectivity index (χ3v) is 2.23. The van der Waals surface area contributed by atoms with Crippen molar-refractivity contribution in [2.24, 2.45) is 11.8 Å². The lowest BCUT2D eigenvalue weighted by Gasteiger charge is -2.36. The summed E-state index contributed by atoms with van der Waals surface area (Å²) < 4.78 is 11.0. The molecule has 1 rings (SSSR count). The molecule has 0 atom stereocenters. The summed E-state index contributed by atoms with van der Waals surface area (Å²) >= 11 is 0. The molecule has 1 aliphatic rings. The minimum absolute atomic E-state index is 0.356. The van der Waals surface area contributed by atoms with E-state index >= 15 is 0 Å². The van der Waals surface area contributed by atoms with Crippen LogP contribution >= 0.6 is 0 Å². The normalized spacial score (nSPS) is 25.9. The van der Waals surface area contributed by atoms with E-state index in [1.165, 1.54) is 0 Å².